The minimum absolute atomic E-state index is 1.09. The Morgan fingerprint density at radius 1 is 1.18 bits per heavy atom. The normalized spacial score (nSPS) is 15.1. The Morgan fingerprint density at radius 2 is 1.91 bits per heavy atom. The van der Waals surface area contributed by atoms with Crippen LogP contribution in [0, 0.1) is 13.8 Å². The summed E-state index contributed by atoms with van der Waals surface area (Å²) in [7, 11) is 0. The lowest BCUT2D eigenvalue weighted by molar-refractivity contribution is 1.04. The molecule has 0 saturated heterocycles. The van der Waals surface area contributed by atoms with Gasteiger partial charge in [0.1, 0.15) is 0 Å². The lowest BCUT2D eigenvalue weighted by Crippen LogP contribution is -1.94. The van der Waals surface area contributed by atoms with Gasteiger partial charge in [0.2, 0.25) is 0 Å². The Labute approximate surface area is 67.1 Å². The first kappa shape index (κ1) is 6.71. The Kier molecular flexibility index (Phi) is 1.38. The van der Waals surface area contributed by atoms with Crippen molar-refractivity contribution in [3.05, 3.63) is 34.7 Å². The number of aromatic amines is 1. The zero-order valence-electron chi connectivity index (χ0n) is 7.07. The number of fused-ring (bicyclic) bond motifs is 1. The predicted molar refractivity (Wildman–Crippen MR) is 46.8 cm³/mol. The van der Waals surface area contributed by atoms with E-state index in [1.54, 1.807) is 0 Å². The Hall–Kier alpha value is -0.980. The van der Waals surface area contributed by atoms with Gasteiger partial charge in [-0.25, -0.2) is 0 Å². The van der Waals surface area contributed by atoms with Crippen molar-refractivity contribution in [2.24, 2.45) is 0 Å². The van der Waals surface area contributed by atoms with Crippen molar-refractivity contribution in [2.75, 3.05) is 0 Å². The van der Waals surface area contributed by atoms with E-state index in [-0.39, 0.29) is 0 Å². The van der Waals surface area contributed by atoms with Crippen LogP contribution in [-0.2, 0) is 12.8 Å². The molecule has 1 aromatic heterocycles. The third kappa shape index (κ3) is 0.917. The molecule has 0 unspecified atom stereocenters. The van der Waals surface area contributed by atoms with Crippen LogP contribution >= 0.6 is 0 Å². The first-order valence-corrected chi connectivity index (χ1v) is 4.11. The molecule has 0 aromatic carbocycles. The molecule has 58 valence electrons. The quantitative estimate of drug-likeness (QED) is 0.542. The van der Waals surface area contributed by atoms with E-state index in [1.807, 2.05) is 0 Å². The van der Waals surface area contributed by atoms with Gasteiger partial charge in [-0.2, -0.15) is 0 Å². The molecule has 1 N–H and O–H groups in total. The van der Waals surface area contributed by atoms with Gasteiger partial charge in [0.15, 0.2) is 0 Å². The van der Waals surface area contributed by atoms with E-state index in [1.165, 1.54) is 22.5 Å². The van der Waals surface area contributed by atoms with Crippen molar-refractivity contribution in [2.45, 2.75) is 26.7 Å². The number of hydrogen-bond donors (Lipinski definition) is 1. The lowest BCUT2D eigenvalue weighted by Gasteiger charge is -2.04. The SMILES string of the molecule is Cc1[nH]c2c(c1C)CC=CC2. The van der Waals surface area contributed by atoms with Gasteiger partial charge in [-0.15, -0.1) is 0 Å². The molecule has 0 aliphatic heterocycles. The van der Waals surface area contributed by atoms with Crippen molar-refractivity contribution >= 4 is 0 Å². The van der Waals surface area contributed by atoms with E-state index >= 15 is 0 Å². The molecule has 0 bridgehead atoms. The fourth-order valence-corrected chi connectivity index (χ4v) is 1.70. The third-order valence-electron chi connectivity index (χ3n) is 2.53. The van der Waals surface area contributed by atoms with E-state index in [9.17, 15) is 0 Å². The van der Waals surface area contributed by atoms with Crippen molar-refractivity contribution in [1.82, 2.24) is 4.98 Å². The van der Waals surface area contributed by atoms with E-state index < -0.39 is 0 Å². The molecule has 0 amide bonds. The van der Waals surface area contributed by atoms with Crippen molar-refractivity contribution in [1.29, 1.82) is 0 Å². The van der Waals surface area contributed by atoms with Gasteiger partial charge in [-0.05, 0) is 31.4 Å². The van der Waals surface area contributed by atoms with Gasteiger partial charge in [0.05, 0.1) is 0 Å². The molecule has 1 aliphatic carbocycles. The van der Waals surface area contributed by atoms with Crippen LogP contribution in [0.2, 0.25) is 0 Å². The second-order valence-electron chi connectivity index (χ2n) is 3.21. The summed E-state index contributed by atoms with van der Waals surface area (Å²) in [4.78, 5) is 3.41. The maximum atomic E-state index is 3.41. The highest BCUT2D eigenvalue weighted by Crippen LogP contribution is 2.22. The molecular formula is C10H13N. The number of rotatable bonds is 0. The summed E-state index contributed by atoms with van der Waals surface area (Å²) in [5.41, 5.74) is 5.72. The maximum Gasteiger partial charge on any atom is 0.0225 e. The van der Waals surface area contributed by atoms with Crippen molar-refractivity contribution in [3.8, 4) is 0 Å². The van der Waals surface area contributed by atoms with Gasteiger partial charge in [0, 0.05) is 17.8 Å². The molecule has 1 heteroatoms. The highest BCUT2D eigenvalue weighted by molar-refractivity contribution is 5.39. The van der Waals surface area contributed by atoms with Gasteiger partial charge < -0.3 is 4.98 Å². The fraction of sp³-hybridized carbons (Fsp3) is 0.400. The first-order chi connectivity index (χ1) is 5.29. The Bertz CT molecular complexity index is 305. The largest absolute Gasteiger partial charge is 0.362 e. The zero-order chi connectivity index (χ0) is 7.84. The minimum Gasteiger partial charge on any atom is -0.362 e. The standard InChI is InChI=1S/C10H13N/c1-7-8(2)11-10-6-4-3-5-9(7)10/h3-4,11H,5-6H2,1-2H3. The molecule has 2 rings (SSSR count). The van der Waals surface area contributed by atoms with Gasteiger partial charge >= 0.3 is 0 Å². The second kappa shape index (κ2) is 2.26. The van der Waals surface area contributed by atoms with E-state index in [2.05, 4.69) is 31.0 Å². The molecule has 11 heavy (non-hydrogen) atoms. The Balaban J connectivity index is 2.55. The monoisotopic (exact) mass is 147 g/mol. The maximum absolute atomic E-state index is 3.41. The van der Waals surface area contributed by atoms with Gasteiger partial charge in [0.25, 0.3) is 0 Å². The molecule has 0 atom stereocenters. The van der Waals surface area contributed by atoms with E-state index in [0.29, 0.717) is 0 Å². The number of allylic oxidation sites excluding steroid dienone is 2. The van der Waals surface area contributed by atoms with Crippen LogP contribution in [-0.4, -0.2) is 4.98 Å². The third-order valence-corrected chi connectivity index (χ3v) is 2.53. The number of aromatic nitrogens is 1. The molecule has 0 fully saturated rings. The highest BCUT2D eigenvalue weighted by Gasteiger charge is 2.11. The average Bonchev–Trinajstić information content (AvgIpc) is 2.30. The van der Waals surface area contributed by atoms with Crippen molar-refractivity contribution < 1.29 is 0 Å². The van der Waals surface area contributed by atoms with Gasteiger partial charge in [-0.1, -0.05) is 12.2 Å². The van der Waals surface area contributed by atoms with Gasteiger partial charge in [-0.3, -0.25) is 0 Å². The van der Waals surface area contributed by atoms with Crippen molar-refractivity contribution in [3.63, 3.8) is 0 Å². The first-order valence-electron chi connectivity index (χ1n) is 4.11. The molecule has 0 spiro atoms. The minimum atomic E-state index is 1.09. The lowest BCUT2D eigenvalue weighted by atomic mass is 10.0. The highest BCUT2D eigenvalue weighted by atomic mass is 14.7. The Morgan fingerprint density at radius 3 is 2.64 bits per heavy atom. The van der Waals surface area contributed by atoms with Crippen LogP contribution < -0.4 is 0 Å². The zero-order valence-corrected chi connectivity index (χ0v) is 7.07. The van der Waals surface area contributed by atoms with E-state index in [0.717, 1.165) is 12.8 Å². The smallest absolute Gasteiger partial charge is 0.0225 e. The summed E-state index contributed by atoms with van der Waals surface area (Å²) in [5.74, 6) is 0. The molecule has 1 heterocycles. The number of H-pyrrole nitrogens is 1. The van der Waals surface area contributed by atoms with Crippen LogP contribution in [0.1, 0.15) is 22.5 Å². The summed E-state index contributed by atoms with van der Waals surface area (Å²) in [6, 6.07) is 0. The average molecular weight is 147 g/mol. The summed E-state index contributed by atoms with van der Waals surface area (Å²) in [6.45, 7) is 4.34. The predicted octanol–water partition coefficient (Wildman–Crippen LogP) is 2.29. The van der Waals surface area contributed by atoms with Crippen LogP contribution in [0.4, 0.5) is 0 Å². The number of nitrogens with one attached hydrogen (secondary N) is 1. The molecule has 1 aromatic rings. The summed E-state index contributed by atoms with van der Waals surface area (Å²) >= 11 is 0. The molecule has 0 radical (unpaired) electrons. The number of hydrogen-bond acceptors (Lipinski definition) is 0. The molecule has 1 aliphatic rings. The molecule has 0 saturated carbocycles. The number of aryl methyl sites for hydroxylation is 1. The van der Waals surface area contributed by atoms with Crippen LogP contribution in [0.25, 0.3) is 0 Å². The molecule has 1 nitrogen and oxygen atoms in total. The summed E-state index contributed by atoms with van der Waals surface area (Å²) < 4.78 is 0. The van der Waals surface area contributed by atoms with Crippen LogP contribution in [0.5, 0.6) is 0 Å². The van der Waals surface area contributed by atoms with Crippen LogP contribution in [0.3, 0.4) is 0 Å². The second-order valence-corrected chi connectivity index (χ2v) is 3.21. The topological polar surface area (TPSA) is 15.8 Å². The molecular weight excluding hydrogens is 134 g/mol. The summed E-state index contributed by atoms with van der Waals surface area (Å²) in [6.07, 6.45) is 6.69. The van der Waals surface area contributed by atoms with Crippen LogP contribution in [0.15, 0.2) is 12.2 Å². The fourth-order valence-electron chi connectivity index (χ4n) is 1.70. The van der Waals surface area contributed by atoms with E-state index in [4.69, 9.17) is 0 Å². The summed E-state index contributed by atoms with van der Waals surface area (Å²) in [5, 5.41) is 0.